The number of hydrogen-bond acceptors (Lipinski definition) is 6. The lowest BCUT2D eigenvalue weighted by Gasteiger charge is -2.25. The Bertz CT molecular complexity index is 331. The lowest BCUT2D eigenvalue weighted by Crippen LogP contribution is -2.33. The van der Waals surface area contributed by atoms with Gasteiger partial charge in [0.2, 0.25) is 0 Å². The summed E-state index contributed by atoms with van der Waals surface area (Å²) in [4.78, 5) is 23.4. The second kappa shape index (κ2) is 10.1. The molecule has 0 bridgehead atoms. The molecule has 7 heteroatoms. The molecule has 21 heavy (non-hydrogen) atoms. The number of carbonyl (C=O) groups excluding carboxylic acids is 2. The number of ether oxygens (including phenoxy) is 2. The van der Waals surface area contributed by atoms with E-state index < -0.39 is 10.3 Å². The summed E-state index contributed by atoms with van der Waals surface area (Å²) in [5.74, 6) is -0.995. The second-order valence-corrected chi connectivity index (χ2v) is 7.14. The fourth-order valence-corrected chi connectivity index (χ4v) is 2.77. The monoisotopic (exact) mass is 368 g/mol. The molecule has 124 valence electrons. The number of rotatable bonds is 10. The van der Waals surface area contributed by atoms with Gasteiger partial charge in [0, 0.05) is 0 Å². The molecule has 0 aliphatic rings. The van der Waals surface area contributed by atoms with Crippen molar-refractivity contribution in [3.05, 3.63) is 0 Å². The van der Waals surface area contributed by atoms with Crippen molar-refractivity contribution in [2.75, 3.05) is 26.4 Å². The molecule has 0 fully saturated rings. The van der Waals surface area contributed by atoms with E-state index in [1.807, 2.05) is 6.92 Å². The van der Waals surface area contributed by atoms with Crippen molar-refractivity contribution in [1.29, 1.82) is 0 Å². The van der Waals surface area contributed by atoms with Crippen LogP contribution in [0.1, 0.15) is 33.6 Å². The number of alkyl halides is 1. The molecule has 0 saturated carbocycles. The number of aliphatic hydroxyl groups excluding tert-OH is 2. The van der Waals surface area contributed by atoms with E-state index in [1.54, 1.807) is 13.8 Å². The molecule has 0 heterocycles. The van der Waals surface area contributed by atoms with Crippen LogP contribution in [0.4, 0.5) is 0 Å². The summed E-state index contributed by atoms with van der Waals surface area (Å²) < 4.78 is 8.92. The molecule has 0 aliphatic carbocycles. The van der Waals surface area contributed by atoms with Gasteiger partial charge >= 0.3 is 11.9 Å². The van der Waals surface area contributed by atoms with Crippen molar-refractivity contribution in [2.45, 2.75) is 37.9 Å². The first-order valence-electron chi connectivity index (χ1n) is 6.99. The number of carbonyl (C=O) groups is 2. The standard InChI is InChI=1S/C14H25BrO6/c1-10(8-11(2)12(18)20-6-4-16)9-14(3,15)13(19)21-7-5-17/h10-11,16-17H,4-9H2,1-3H3. The van der Waals surface area contributed by atoms with Crippen molar-refractivity contribution >= 4 is 27.9 Å². The SMILES string of the molecule is CC(CC(C)C(=O)OCCO)CC(C)(Br)C(=O)OCCO. The van der Waals surface area contributed by atoms with Crippen LogP contribution in [0.3, 0.4) is 0 Å². The van der Waals surface area contributed by atoms with Crippen LogP contribution in [0.5, 0.6) is 0 Å². The largest absolute Gasteiger partial charge is 0.463 e. The van der Waals surface area contributed by atoms with Crippen LogP contribution in [0.15, 0.2) is 0 Å². The van der Waals surface area contributed by atoms with Crippen molar-refractivity contribution in [1.82, 2.24) is 0 Å². The van der Waals surface area contributed by atoms with Gasteiger partial charge in [-0.15, -0.1) is 0 Å². The van der Waals surface area contributed by atoms with Gasteiger partial charge in [0.1, 0.15) is 17.5 Å². The minimum Gasteiger partial charge on any atom is -0.463 e. The highest BCUT2D eigenvalue weighted by atomic mass is 79.9. The van der Waals surface area contributed by atoms with E-state index in [4.69, 9.17) is 19.7 Å². The van der Waals surface area contributed by atoms with Gasteiger partial charge in [-0.05, 0) is 25.7 Å². The van der Waals surface area contributed by atoms with E-state index in [-0.39, 0.29) is 44.2 Å². The molecule has 3 atom stereocenters. The molecule has 0 amide bonds. The highest BCUT2D eigenvalue weighted by molar-refractivity contribution is 9.10. The molecule has 0 aliphatic heterocycles. The third kappa shape index (κ3) is 8.38. The first kappa shape index (κ1) is 20.3. The van der Waals surface area contributed by atoms with E-state index in [0.29, 0.717) is 12.8 Å². The van der Waals surface area contributed by atoms with Crippen molar-refractivity contribution in [3.8, 4) is 0 Å². The van der Waals surface area contributed by atoms with Crippen LogP contribution in [0, 0.1) is 11.8 Å². The van der Waals surface area contributed by atoms with Crippen molar-refractivity contribution in [3.63, 3.8) is 0 Å². The van der Waals surface area contributed by atoms with Gasteiger partial charge in [-0.3, -0.25) is 9.59 Å². The maximum Gasteiger partial charge on any atom is 0.322 e. The molecule has 2 N–H and O–H groups in total. The first-order chi connectivity index (χ1) is 9.74. The van der Waals surface area contributed by atoms with Gasteiger partial charge in [-0.1, -0.05) is 29.8 Å². The normalized spacial score (nSPS) is 16.7. The van der Waals surface area contributed by atoms with Gasteiger partial charge < -0.3 is 19.7 Å². The average molecular weight is 369 g/mol. The Kier molecular flexibility index (Phi) is 9.81. The summed E-state index contributed by atoms with van der Waals surface area (Å²) in [5.41, 5.74) is 0. The summed E-state index contributed by atoms with van der Waals surface area (Å²) in [6.07, 6.45) is 1.06. The zero-order valence-electron chi connectivity index (χ0n) is 12.8. The maximum absolute atomic E-state index is 11.8. The van der Waals surface area contributed by atoms with E-state index in [0.717, 1.165) is 0 Å². The molecule has 0 aromatic carbocycles. The zero-order chi connectivity index (χ0) is 16.5. The summed E-state index contributed by atoms with van der Waals surface area (Å²) in [6, 6.07) is 0. The Morgan fingerprint density at radius 1 is 1.14 bits per heavy atom. The summed E-state index contributed by atoms with van der Waals surface area (Å²) in [5, 5.41) is 17.3. The molecule has 0 saturated heterocycles. The van der Waals surface area contributed by atoms with Crippen LogP contribution in [-0.2, 0) is 19.1 Å². The van der Waals surface area contributed by atoms with Gasteiger partial charge in [0.25, 0.3) is 0 Å². The lowest BCUT2D eigenvalue weighted by molar-refractivity contribution is -0.149. The molecule has 0 rings (SSSR count). The van der Waals surface area contributed by atoms with Crippen LogP contribution in [0.2, 0.25) is 0 Å². The van der Waals surface area contributed by atoms with E-state index in [1.165, 1.54) is 0 Å². The Balaban J connectivity index is 4.30. The molecule has 0 aromatic rings. The van der Waals surface area contributed by atoms with E-state index in [2.05, 4.69) is 15.9 Å². The average Bonchev–Trinajstić information content (AvgIpc) is 2.40. The number of hydrogen-bond donors (Lipinski definition) is 2. The summed E-state index contributed by atoms with van der Waals surface area (Å²) in [6.45, 7) is 4.97. The highest BCUT2D eigenvalue weighted by Gasteiger charge is 2.34. The number of esters is 2. The molecule has 0 spiro atoms. The molecule has 0 radical (unpaired) electrons. The van der Waals surface area contributed by atoms with Crippen LogP contribution >= 0.6 is 15.9 Å². The third-order valence-corrected chi connectivity index (χ3v) is 3.62. The van der Waals surface area contributed by atoms with Gasteiger partial charge in [-0.2, -0.15) is 0 Å². The smallest absolute Gasteiger partial charge is 0.322 e. The van der Waals surface area contributed by atoms with Gasteiger partial charge in [0.05, 0.1) is 19.1 Å². The van der Waals surface area contributed by atoms with Gasteiger partial charge in [-0.25, -0.2) is 0 Å². The fourth-order valence-electron chi connectivity index (χ4n) is 2.10. The summed E-state index contributed by atoms with van der Waals surface area (Å²) in [7, 11) is 0. The van der Waals surface area contributed by atoms with E-state index >= 15 is 0 Å². The Morgan fingerprint density at radius 2 is 1.67 bits per heavy atom. The third-order valence-electron chi connectivity index (χ3n) is 2.98. The minimum atomic E-state index is -0.851. The molecular formula is C14H25BrO6. The zero-order valence-corrected chi connectivity index (χ0v) is 14.4. The maximum atomic E-state index is 11.8. The second-order valence-electron chi connectivity index (χ2n) is 5.39. The van der Waals surface area contributed by atoms with Crippen molar-refractivity contribution in [2.24, 2.45) is 11.8 Å². The fraction of sp³-hybridized carbons (Fsp3) is 0.857. The predicted molar refractivity (Wildman–Crippen MR) is 81.0 cm³/mol. The lowest BCUT2D eigenvalue weighted by atomic mass is 9.89. The molecule has 6 nitrogen and oxygen atoms in total. The molecule has 0 aromatic heterocycles. The number of aliphatic hydroxyl groups is 2. The van der Waals surface area contributed by atoms with Crippen LogP contribution in [-0.4, -0.2) is 52.9 Å². The van der Waals surface area contributed by atoms with Crippen molar-refractivity contribution < 1.29 is 29.3 Å². The summed E-state index contributed by atoms with van der Waals surface area (Å²) >= 11 is 3.34. The first-order valence-corrected chi connectivity index (χ1v) is 7.78. The minimum absolute atomic E-state index is 0.00119. The van der Waals surface area contributed by atoms with E-state index in [9.17, 15) is 9.59 Å². The Hall–Kier alpha value is -0.660. The Morgan fingerprint density at radius 3 is 2.19 bits per heavy atom. The number of halogens is 1. The highest BCUT2D eigenvalue weighted by Crippen LogP contribution is 2.30. The molecule has 3 unspecified atom stereocenters. The topological polar surface area (TPSA) is 93.1 Å². The Labute approximate surface area is 133 Å². The quantitative estimate of drug-likeness (QED) is 0.445. The predicted octanol–water partition coefficient (Wildman–Crippen LogP) is 1.26. The van der Waals surface area contributed by atoms with Gasteiger partial charge in [0.15, 0.2) is 0 Å². The van der Waals surface area contributed by atoms with Crippen LogP contribution < -0.4 is 0 Å². The molecular weight excluding hydrogens is 344 g/mol. The van der Waals surface area contributed by atoms with Crippen LogP contribution in [0.25, 0.3) is 0 Å².